The monoisotopic (exact) mass is 330 g/mol. The van der Waals surface area contributed by atoms with Crippen molar-refractivity contribution < 1.29 is 24.0 Å². The van der Waals surface area contributed by atoms with Crippen LogP contribution in [0, 0.1) is 10.1 Å². The molecule has 0 aliphatic carbocycles. The number of carbonyl (C=O) groups excluding carboxylic acids is 2. The van der Waals surface area contributed by atoms with E-state index in [1.807, 2.05) is 0 Å². The molecule has 1 amide bonds. The van der Waals surface area contributed by atoms with E-state index in [-0.39, 0.29) is 11.3 Å². The molecule has 0 aromatic heterocycles. The van der Waals surface area contributed by atoms with Gasteiger partial charge in [0, 0.05) is 17.7 Å². The molecule has 0 saturated heterocycles. The number of nitrogens with two attached hydrogens (primary N) is 1. The van der Waals surface area contributed by atoms with E-state index < -0.39 is 22.9 Å². The largest absolute Gasteiger partial charge is 0.497 e. The number of amides is 1. The van der Waals surface area contributed by atoms with Crippen molar-refractivity contribution >= 4 is 17.6 Å². The Kier molecular flexibility index (Phi) is 5.10. The summed E-state index contributed by atoms with van der Waals surface area (Å²) in [6, 6.07) is 11.2. The quantitative estimate of drug-likeness (QED) is 0.491. The molecule has 0 spiro atoms. The number of nitrogens with zero attached hydrogens (tertiary/aromatic N) is 1. The number of hydrogen-bond donors (Lipinski definition) is 1. The Labute approximate surface area is 136 Å². The van der Waals surface area contributed by atoms with Gasteiger partial charge in [0.25, 0.3) is 11.6 Å². The van der Waals surface area contributed by atoms with Gasteiger partial charge < -0.3 is 15.2 Å². The number of methoxy groups -OCH3 is 1. The third kappa shape index (κ3) is 3.86. The predicted octanol–water partition coefficient (Wildman–Crippen LogP) is 1.99. The van der Waals surface area contributed by atoms with E-state index >= 15 is 0 Å². The van der Waals surface area contributed by atoms with Crippen LogP contribution in [-0.2, 0) is 9.53 Å². The van der Waals surface area contributed by atoms with Crippen LogP contribution < -0.4 is 10.5 Å². The van der Waals surface area contributed by atoms with Crippen LogP contribution in [0.15, 0.2) is 48.5 Å². The van der Waals surface area contributed by atoms with Gasteiger partial charge in [0.05, 0.1) is 17.6 Å². The van der Waals surface area contributed by atoms with Crippen LogP contribution in [0.2, 0.25) is 0 Å². The van der Waals surface area contributed by atoms with E-state index in [9.17, 15) is 19.7 Å². The van der Waals surface area contributed by atoms with Crippen molar-refractivity contribution in [2.75, 3.05) is 7.11 Å². The standard InChI is InChI=1S/C16H14N2O6/c1-23-13-4-2-3-11(9-13)14(15(17)19)24-16(20)10-5-7-12(8-6-10)18(21)22/h2-9,14H,1H3,(H2,17,19). The first kappa shape index (κ1) is 16.9. The number of carbonyl (C=O) groups is 2. The van der Waals surface area contributed by atoms with Crippen molar-refractivity contribution in [2.45, 2.75) is 6.10 Å². The summed E-state index contributed by atoms with van der Waals surface area (Å²) in [7, 11) is 1.46. The van der Waals surface area contributed by atoms with Gasteiger partial charge in [-0.15, -0.1) is 0 Å². The van der Waals surface area contributed by atoms with Gasteiger partial charge in [0.15, 0.2) is 0 Å². The third-order valence-corrected chi connectivity index (χ3v) is 3.19. The predicted molar refractivity (Wildman–Crippen MR) is 83.4 cm³/mol. The number of nitro groups is 1. The molecule has 0 heterocycles. The van der Waals surface area contributed by atoms with Gasteiger partial charge in [-0.2, -0.15) is 0 Å². The summed E-state index contributed by atoms with van der Waals surface area (Å²) in [5, 5.41) is 10.6. The number of primary amides is 1. The molecule has 1 unspecified atom stereocenters. The number of ether oxygens (including phenoxy) is 2. The van der Waals surface area contributed by atoms with E-state index in [0.29, 0.717) is 11.3 Å². The Balaban J connectivity index is 2.22. The van der Waals surface area contributed by atoms with E-state index in [2.05, 4.69) is 0 Å². The first-order valence-electron chi connectivity index (χ1n) is 6.81. The zero-order valence-electron chi connectivity index (χ0n) is 12.7. The molecular weight excluding hydrogens is 316 g/mol. The molecule has 0 radical (unpaired) electrons. The van der Waals surface area contributed by atoms with Gasteiger partial charge in [-0.3, -0.25) is 14.9 Å². The molecule has 0 bridgehead atoms. The number of esters is 1. The highest BCUT2D eigenvalue weighted by Crippen LogP contribution is 2.23. The summed E-state index contributed by atoms with van der Waals surface area (Å²) in [4.78, 5) is 33.8. The minimum Gasteiger partial charge on any atom is -0.497 e. The highest BCUT2D eigenvalue weighted by Gasteiger charge is 2.24. The van der Waals surface area contributed by atoms with E-state index in [4.69, 9.17) is 15.2 Å². The molecule has 0 saturated carbocycles. The molecule has 1 atom stereocenters. The number of benzene rings is 2. The van der Waals surface area contributed by atoms with Crippen LogP contribution in [0.4, 0.5) is 5.69 Å². The molecule has 0 aliphatic heterocycles. The SMILES string of the molecule is COc1cccc(C(OC(=O)c2ccc([N+](=O)[O-])cc2)C(N)=O)c1. The van der Waals surface area contributed by atoms with Crippen molar-refractivity contribution in [3.63, 3.8) is 0 Å². The lowest BCUT2D eigenvalue weighted by Gasteiger charge is -2.15. The molecule has 8 heteroatoms. The lowest BCUT2D eigenvalue weighted by molar-refractivity contribution is -0.384. The fraction of sp³-hybridized carbons (Fsp3) is 0.125. The molecule has 2 rings (SSSR count). The van der Waals surface area contributed by atoms with Gasteiger partial charge in [0.2, 0.25) is 6.10 Å². The summed E-state index contributed by atoms with van der Waals surface area (Å²) < 4.78 is 10.2. The first-order valence-corrected chi connectivity index (χ1v) is 6.81. The number of nitro benzene ring substituents is 1. The Hall–Kier alpha value is -3.42. The summed E-state index contributed by atoms with van der Waals surface area (Å²) in [5.41, 5.74) is 5.57. The summed E-state index contributed by atoms with van der Waals surface area (Å²) in [6.45, 7) is 0. The molecular formula is C16H14N2O6. The van der Waals surface area contributed by atoms with Crippen LogP contribution in [0.25, 0.3) is 0 Å². The fourth-order valence-corrected chi connectivity index (χ4v) is 1.99. The summed E-state index contributed by atoms with van der Waals surface area (Å²) >= 11 is 0. The van der Waals surface area contributed by atoms with Crippen molar-refractivity contribution in [2.24, 2.45) is 5.73 Å². The second kappa shape index (κ2) is 7.23. The van der Waals surface area contributed by atoms with Crippen LogP contribution in [0.3, 0.4) is 0 Å². The van der Waals surface area contributed by atoms with Gasteiger partial charge in [-0.25, -0.2) is 4.79 Å². The number of hydrogen-bond acceptors (Lipinski definition) is 6. The van der Waals surface area contributed by atoms with E-state index in [1.54, 1.807) is 18.2 Å². The fourth-order valence-electron chi connectivity index (χ4n) is 1.99. The van der Waals surface area contributed by atoms with Gasteiger partial charge >= 0.3 is 5.97 Å². The zero-order chi connectivity index (χ0) is 17.7. The molecule has 124 valence electrons. The summed E-state index contributed by atoms with van der Waals surface area (Å²) in [5.74, 6) is -1.19. The van der Waals surface area contributed by atoms with E-state index in [0.717, 1.165) is 0 Å². The minimum atomic E-state index is -1.30. The van der Waals surface area contributed by atoms with E-state index in [1.165, 1.54) is 37.4 Å². The lowest BCUT2D eigenvalue weighted by atomic mass is 10.1. The van der Waals surface area contributed by atoms with Crippen molar-refractivity contribution in [3.05, 3.63) is 69.8 Å². The van der Waals surface area contributed by atoms with Gasteiger partial charge in [0.1, 0.15) is 5.75 Å². The smallest absolute Gasteiger partial charge is 0.339 e. The van der Waals surface area contributed by atoms with Crippen molar-refractivity contribution in [1.29, 1.82) is 0 Å². The third-order valence-electron chi connectivity index (χ3n) is 3.19. The second-order valence-corrected chi connectivity index (χ2v) is 4.77. The summed E-state index contributed by atoms with van der Waals surface area (Å²) in [6.07, 6.45) is -1.30. The van der Waals surface area contributed by atoms with Crippen LogP contribution in [-0.4, -0.2) is 23.9 Å². The van der Waals surface area contributed by atoms with Crippen molar-refractivity contribution in [1.82, 2.24) is 0 Å². The maximum atomic E-state index is 12.1. The minimum absolute atomic E-state index is 0.0646. The Morgan fingerprint density at radius 2 is 1.83 bits per heavy atom. The average molecular weight is 330 g/mol. The molecule has 8 nitrogen and oxygen atoms in total. The maximum Gasteiger partial charge on any atom is 0.339 e. The van der Waals surface area contributed by atoms with Crippen molar-refractivity contribution in [3.8, 4) is 5.75 Å². The molecule has 2 aromatic carbocycles. The average Bonchev–Trinajstić information content (AvgIpc) is 2.59. The Morgan fingerprint density at radius 1 is 1.17 bits per heavy atom. The van der Waals surface area contributed by atoms with Gasteiger partial charge in [-0.1, -0.05) is 12.1 Å². The van der Waals surface area contributed by atoms with Crippen LogP contribution in [0.1, 0.15) is 22.0 Å². The number of rotatable bonds is 6. The highest BCUT2D eigenvalue weighted by molar-refractivity contribution is 5.92. The first-order chi connectivity index (χ1) is 11.4. The van der Waals surface area contributed by atoms with Gasteiger partial charge in [-0.05, 0) is 24.3 Å². The highest BCUT2D eigenvalue weighted by atomic mass is 16.6. The second-order valence-electron chi connectivity index (χ2n) is 4.77. The topological polar surface area (TPSA) is 122 Å². The van der Waals surface area contributed by atoms with Crippen LogP contribution >= 0.6 is 0 Å². The molecule has 2 N–H and O–H groups in total. The molecule has 2 aromatic rings. The Morgan fingerprint density at radius 3 is 2.38 bits per heavy atom. The Bertz CT molecular complexity index is 772. The normalized spacial score (nSPS) is 11.4. The van der Waals surface area contributed by atoms with Crippen LogP contribution in [0.5, 0.6) is 5.75 Å². The maximum absolute atomic E-state index is 12.1. The molecule has 0 fully saturated rings. The molecule has 0 aliphatic rings. The lowest BCUT2D eigenvalue weighted by Crippen LogP contribution is -2.26. The zero-order valence-corrected chi connectivity index (χ0v) is 12.7. The number of non-ortho nitro benzene ring substituents is 1. The molecule has 24 heavy (non-hydrogen) atoms.